The predicted molar refractivity (Wildman–Crippen MR) is 87.4 cm³/mol. The molecule has 0 radical (unpaired) electrons. The SMILES string of the molecule is C/C=c1/c(NC(CO)CCC)nc(N)n/c1=C/C(=C/O)OC. The van der Waals surface area contributed by atoms with E-state index in [4.69, 9.17) is 15.6 Å². The quantitative estimate of drug-likeness (QED) is 0.534. The summed E-state index contributed by atoms with van der Waals surface area (Å²) in [5.41, 5.74) is 5.75. The molecule has 0 aromatic carbocycles. The van der Waals surface area contributed by atoms with E-state index in [1.807, 2.05) is 19.9 Å². The maximum absolute atomic E-state index is 9.42. The molecule has 5 N–H and O–H groups in total. The third-order valence-electron chi connectivity index (χ3n) is 3.12. The van der Waals surface area contributed by atoms with Crippen LogP contribution in [0.3, 0.4) is 0 Å². The summed E-state index contributed by atoms with van der Waals surface area (Å²) in [6.45, 7) is 3.89. The van der Waals surface area contributed by atoms with Crippen molar-refractivity contribution in [3.63, 3.8) is 0 Å². The summed E-state index contributed by atoms with van der Waals surface area (Å²) in [6, 6.07) is -0.110. The summed E-state index contributed by atoms with van der Waals surface area (Å²) in [5, 5.41) is 22.9. The summed E-state index contributed by atoms with van der Waals surface area (Å²) >= 11 is 0. The average Bonchev–Trinajstić information content (AvgIpc) is 2.51. The molecule has 1 rings (SSSR count). The summed E-state index contributed by atoms with van der Waals surface area (Å²) in [4.78, 5) is 8.37. The molecule has 1 unspecified atom stereocenters. The normalized spacial score (nSPS) is 15.0. The van der Waals surface area contributed by atoms with E-state index in [9.17, 15) is 5.11 Å². The minimum absolute atomic E-state index is 0.000185. The highest BCUT2D eigenvalue weighted by atomic mass is 16.5. The molecule has 0 aliphatic carbocycles. The highest BCUT2D eigenvalue weighted by Gasteiger charge is 2.10. The molecule has 22 heavy (non-hydrogen) atoms. The second-order valence-corrected chi connectivity index (χ2v) is 4.71. The molecule has 0 aliphatic heterocycles. The first-order valence-corrected chi connectivity index (χ1v) is 7.16. The number of allylic oxidation sites excluding steroid dienone is 1. The van der Waals surface area contributed by atoms with Crippen LogP contribution in [0.4, 0.5) is 11.8 Å². The molecule has 0 amide bonds. The van der Waals surface area contributed by atoms with Crippen LogP contribution in [0.15, 0.2) is 12.0 Å². The first kappa shape index (κ1) is 17.8. The molecule has 0 aliphatic rings. The molecule has 1 aromatic heterocycles. The molecule has 0 saturated carbocycles. The highest BCUT2D eigenvalue weighted by molar-refractivity contribution is 5.50. The summed E-state index contributed by atoms with van der Waals surface area (Å²) in [5.74, 6) is 0.891. The van der Waals surface area contributed by atoms with Crippen molar-refractivity contribution in [3.8, 4) is 0 Å². The van der Waals surface area contributed by atoms with Gasteiger partial charge in [-0.05, 0) is 13.3 Å². The molecule has 7 heteroatoms. The Labute approximate surface area is 129 Å². The zero-order valence-electron chi connectivity index (χ0n) is 13.2. The number of anilines is 2. The Hall–Kier alpha value is -2.28. The molecular formula is C15H24N4O3. The number of nitrogens with zero attached hydrogens (tertiary/aromatic N) is 2. The van der Waals surface area contributed by atoms with Crippen LogP contribution in [-0.2, 0) is 4.74 Å². The van der Waals surface area contributed by atoms with E-state index in [1.54, 1.807) is 6.08 Å². The number of aliphatic hydroxyl groups excluding tert-OH is 2. The van der Waals surface area contributed by atoms with Crippen molar-refractivity contribution < 1.29 is 14.9 Å². The number of rotatable bonds is 7. The van der Waals surface area contributed by atoms with Gasteiger partial charge >= 0.3 is 0 Å². The number of nitrogens with two attached hydrogens (primary N) is 1. The van der Waals surface area contributed by atoms with Crippen molar-refractivity contribution >= 4 is 23.9 Å². The maximum atomic E-state index is 9.42. The van der Waals surface area contributed by atoms with Gasteiger partial charge in [-0.2, -0.15) is 4.98 Å². The number of aliphatic hydroxyl groups is 2. The van der Waals surface area contributed by atoms with Gasteiger partial charge in [-0.1, -0.05) is 19.4 Å². The van der Waals surface area contributed by atoms with Crippen molar-refractivity contribution in [2.75, 3.05) is 24.8 Å². The Balaban J connectivity index is 3.39. The Bertz CT molecular complexity index is 628. The molecule has 0 spiro atoms. The lowest BCUT2D eigenvalue weighted by Crippen LogP contribution is -2.37. The number of hydrogen-bond acceptors (Lipinski definition) is 7. The van der Waals surface area contributed by atoms with E-state index < -0.39 is 0 Å². The monoisotopic (exact) mass is 308 g/mol. The van der Waals surface area contributed by atoms with Crippen LogP contribution in [0.25, 0.3) is 12.2 Å². The Morgan fingerprint density at radius 1 is 1.45 bits per heavy atom. The van der Waals surface area contributed by atoms with E-state index in [1.165, 1.54) is 7.11 Å². The maximum Gasteiger partial charge on any atom is 0.222 e. The summed E-state index contributed by atoms with van der Waals surface area (Å²) in [6.07, 6.45) is 5.98. The first-order valence-electron chi connectivity index (χ1n) is 7.16. The lowest BCUT2D eigenvalue weighted by Gasteiger charge is -2.16. The molecule has 0 saturated heterocycles. The highest BCUT2D eigenvalue weighted by Crippen LogP contribution is 2.04. The third kappa shape index (κ3) is 4.63. The smallest absolute Gasteiger partial charge is 0.222 e. The van der Waals surface area contributed by atoms with Crippen LogP contribution in [0.2, 0.25) is 0 Å². The topological polar surface area (TPSA) is 114 Å². The second-order valence-electron chi connectivity index (χ2n) is 4.71. The van der Waals surface area contributed by atoms with Gasteiger partial charge in [-0.3, -0.25) is 0 Å². The molecule has 122 valence electrons. The van der Waals surface area contributed by atoms with E-state index >= 15 is 0 Å². The number of ether oxygens (including phenoxy) is 1. The van der Waals surface area contributed by atoms with Crippen molar-refractivity contribution in [1.29, 1.82) is 0 Å². The summed E-state index contributed by atoms with van der Waals surface area (Å²) < 4.78 is 5.00. The van der Waals surface area contributed by atoms with Crippen molar-refractivity contribution in [2.45, 2.75) is 32.7 Å². The van der Waals surface area contributed by atoms with Crippen LogP contribution in [0.1, 0.15) is 26.7 Å². The van der Waals surface area contributed by atoms with Crippen LogP contribution in [0.5, 0.6) is 0 Å². The van der Waals surface area contributed by atoms with E-state index in [0.29, 0.717) is 11.2 Å². The number of nitrogens with one attached hydrogen (secondary N) is 1. The minimum atomic E-state index is -0.110. The molecule has 7 nitrogen and oxygen atoms in total. The molecule has 0 fully saturated rings. The number of aromatic nitrogens is 2. The zero-order valence-corrected chi connectivity index (χ0v) is 13.2. The van der Waals surface area contributed by atoms with Gasteiger partial charge in [0.25, 0.3) is 0 Å². The van der Waals surface area contributed by atoms with Gasteiger partial charge < -0.3 is 26.0 Å². The second kappa shape index (κ2) is 8.89. The van der Waals surface area contributed by atoms with Gasteiger partial charge in [0.2, 0.25) is 5.95 Å². The standard InChI is InChI=1S/C15H24N4O3/c1-4-6-10(8-20)17-14-12(5-2)13(18-15(16)19-14)7-11(9-21)22-3/h5,7,9-10,20-21H,4,6,8H2,1-3H3,(H3,16,17,18,19)/b11-9-,12-5+,13-7+. The fourth-order valence-corrected chi connectivity index (χ4v) is 2.04. The van der Waals surface area contributed by atoms with Gasteiger partial charge in [-0.25, -0.2) is 4.98 Å². The van der Waals surface area contributed by atoms with Crippen LogP contribution >= 0.6 is 0 Å². The molecule has 1 atom stereocenters. The largest absolute Gasteiger partial charge is 0.512 e. The van der Waals surface area contributed by atoms with Gasteiger partial charge in [0.1, 0.15) is 12.1 Å². The Kier molecular flexibility index (Phi) is 7.18. The lowest BCUT2D eigenvalue weighted by molar-refractivity contribution is 0.268. The molecule has 0 bridgehead atoms. The Morgan fingerprint density at radius 2 is 2.18 bits per heavy atom. The molecule has 1 heterocycles. The average molecular weight is 308 g/mol. The van der Waals surface area contributed by atoms with Gasteiger partial charge in [0.05, 0.1) is 25.1 Å². The fourth-order valence-electron chi connectivity index (χ4n) is 2.04. The van der Waals surface area contributed by atoms with Crippen molar-refractivity contribution in [1.82, 2.24) is 9.97 Å². The first-order chi connectivity index (χ1) is 10.6. The van der Waals surface area contributed by atoms with Crippen LogP contribution in [0, 0.1) is 0 Å². The van der Waals surface area contributed by atoms with Crippen molar-refractivity contribution in [2.24, 2.45) is 0 Å². The lowest BCUT2D eigenvalue weighted by atomic mass is 10.2. The number of hydrogen-bond donors (Lipinski definition) is 4. The van der Waals surface area contributed by atoms with Crippen LogP contribution in [-0.4, -0.2) is 39.9 Å². The van der Waals surface area contributed by atoms with E-state index in [2.05, 4.69) is 15.3 Å². The molecular weight excluding hydrogens is 284 g/mol. The van der Waals surface area contributed by atoms with E-state index in [0.717, 1.165) is 24.3 Å². The summed E-state index contributed by atoms with van der Waals surface area (Å²) in [7, 11) is 1.45. The van der Waals surface area contributed by atoms with Crippen LogP contribution < -0.4 is 21.6 Å². The number of methoxy groups -OCH3 is 1. The van der Waals surface area contributed by atoms with Gasteiger partial charge in [0, 0.05) is 11.3 Å². The van der Waals surface area contributed by atoms with Gasteiger partial charge in [0.15, 0.2) is 5.76 Å². The zero-order chi connectivity index (χ0) is 16.5. The van der Waals surface area contributed by atoms with Gasteiger partial charge in [-0.15, -0.1) is 0 Å². The number of nitrogen functional groups attached to an aromatic ring is 1. The third-order valence-corrected chi connectivity index (χ3v) is 3.12. The predicted octanol–water partition coefficient (Wildman–Crippen LogP) is 0.258. The molecule has 1 aromatic rings. The van der Waals surface area contributed by atoms with E-state index in [-0.39, 0.29) is 24.4 Å². The Morgan fingerprint density at radius 3 is 2.68 bits per heavy atom. The minimum Gasteiger partial charge on any atom is -0.512 e. The fraction of sp³-hybridized carbons (Fsp3) is 0.467. The van der Waals surface area contributed by atoms with Crippen molar-refractivity contribution in [3.05, 3.63) is 22.6 Å².